The summed E-state index contributed by atoms with van der Waals surface area (Å²) in [5.41, 5.74) is 6.60. The first-order valence-electron chi connectivity index (χ1n) is 6.52. The fourth-order valence-corrected chi connectivity index (χ4v) is 3.61. The number of halogens is 2. The highest BCUT2D eigenvalue weighted by Gasteiger charge is 2.32. The molecule has 0 spiro atoms. The van der Waals surface area contributed by atoms with E-state index in [4.69, 9.17) is 5.73 Å². The molecule has 0 radical (unpaired) electrons. The molecule has 3 nitrogen and oxygen atoms in total. The topological polar surface area (TPSA) is 46.3 Å². The van der Waals surface area contributed by atoms with Gasteiger partial charge in [-0.3, -0.25) is 4.79 Å². The Bertz CT molecular complexity index is 481. The average molecular weight is 437 g/mol. The molecule has 0 aromatic heterocycles. The van der Waals surface area contributed by atoms with Crippen molar-refractivity contribution in [3.05, 3.63) is 31.8 Å². The summed E-state index contributed by atoms with van der Waals surface area (Å²) >= 11 is 5.65. The molecule has 1 aliphatic rings. The largest absolute Gasteiger partial charge is 0.332 e. The zero-order valence-corrected chi connectivity index (χ0v) is 14.6. The van der Waals surface area contributed by atoms with E-state index in [0.29, 0.717) is 6.54 Å². The van der Waals surface area contributed by atoms with Crippen molar-refractivity contribution in [3.8, 4) is 0 Å². The van der Waals surface area contributed by atoms with Crippen LogP contribution in [0.3, 0.4) is 0 Å². The lowest BCUT2D eigenvalue weighted by Gasteiger charge is -2.40. The van der Waals surface area contributed by atoms with Crippen LogP contribution in [-0.2, 0) is 0 Å². The highest BCUT2D eigenvalue weighted by molar-refractivity contribution is 14.1. The van der Waals surface area contributed by atoms with Crippen molar-refractivity contribution in [2.24, 2.45) is 5.73 Å². The summed E-state index contributed by atoms with van der Waals surface area (Å²) < 4.78 is 1.92. The molecule has 1 saturated heterocycles. The van der Waals surface area contributed by atoms with Gasteiger partial charge in [0.05, 0.1) is 5.56 Å². The Labute approximate surface area is 136 Å². The normalized spacial score (nSPS) is 23.5. The molecule has 2 rings (SSSR count). The van der Waals surface area contributed by atoms with E-state index < -0.39 is 0 Å². The quantitative estimate of drug-likeness (QED) is 0.722. The number of benzene rings is 1. The molecule has 1 aromatic rings. The fourth-order valence-electron chi connectivity index (χ4n) is 2.68. The lowest BCUT2D eigenvalue weighted by molar-refractivity contribution is 0.0493. The molecule has 1 amide bonds. The van der Waals surface area contributed by atoms with Crippen LogP contribution in [0, 0.1) is 3.57 Å². The molecule has 2 unspecified atom stereocenters. The van der Waals surface area contributed by atoms with Crippen LogP contribution in [0.15, 0.2) is 22.7 Å². The number of hydrogen-bond donors (Lipinski definition) is 1. The van der Waals surface area contributed by atoms with E-state index >= 15 is 0 Å². The van der Waals surface area contributed by atoms with Gasteiger partial charge < -0.3 is 10.6 Å². The minimum atomic E-state index is 0.105. The van der Waals surface area contributed by atoms with E-state index in [1.54, 1.807) is 0 Å². The number of rotatable bonds is 2. The lowest BCUT2D eigenvalue weighted by atomic mass is 9.95. The molecule has 2 N–H and O–H groups in total. The summed E-state index contributed by atoms with van der Waals surface area (Å²) in [6, 6.07) is 6.26. The van der Waals surface area contributed by atoms with E-state index in [-0.39, 0.29) is 18.0 Å². The highest BCUT2D eigenvalue weighted by atomic mass is 127. The second kappa shape index (κ2) is 6.54. The number of carbonyl (C=O) groups excluding carboxylic acids is 1. The number of nitrogens with two attached hydrogens (primary N) is 1. The molecule has 2 atom stereocenters. The Morgan fingerprint density at radius 3 is 2.95 bits per heavy atom. The molecule has 0 bridgehead atoms. The van der Waals surface area contributed by atoms with Crippen LogP contribution in [0.25, 0.3) is 0 Å². The SMILES string of the molecule is CC1CCCC(CN)N1C(=O)c1cc(Br)ccc1I. The smallest absolute Gasteiger partial charge is 0.255 e. The Kier molecular flexibility index (Phi) is 5.25. The number of carbonyl (C=O) groups is 1. The number of amides is 1. The van der Waals surface area contributed by atoms with Crippen molar-refractivity contribution < 1.29 is 4.79 Å². The van der Waals surface area contributed by atoms with E-state index in [1.807, 2.05) is 23.1 Å². The minimum Gasteiger partial charge on any atom is -0.332 e. The van der Waals surface area contributed by atoms with Crippen LogP contribution in [0.5, 0.6) is 0 Å². The number of piperidine rings is 1. The second-order valence-corrected chi connectivity index (χ2v) is 7.08. The Morgan fingerprint density at radius 1 is 1.53 bits per heavy atom. The van der Waals surface area contributed by atoms with Gasteiger partial charge in [-0.05, 0) is 67.0 Å². The Morgan fingerprint density at radius 2 is 2.26 bits per heavy atom. The predicted octanol–water partition coefficient (Wildman–Crippen LogP) is 3.40. The lowest BCUT2D eigenvalue weighted by Crippen LogP contribution is -2.52. The third kappa shape index (κ3) is 3.31. The van der Waals surface area contributed by atoms with Crippen molar-refractivity contribution in [3.63, 3.8) is 0 Å². The van der Waals surface area contributed by atoms with Gasteiger partial charge in [-0.25, -0.2) is 0 Å². The van der Waals surface area contributed by atoms with Crippen molar-refractivity contribution in [1.29, 1.82) is 0 Å². The molecular weight excluding hydrogens is 419 g/mol. The third-order valence-corrected chi connectivity index (χ3v) is 5.13. The maximum absolute atomic E-state index is 12.8. The zero-order valence-electron chi connectivity index (χ0n) is 10.9. The van der Waals surface area contributed by atoms with Gasteiger partial charge in [0.1, 0.15) is 0 Å². The summed E-state index contributed by atoms with van der Waals surface area (Å²) in [6.07, 6.45) is 3.23. The summed E-state index contributed by atoms with van der Waals surface area (Å²) in [7, 11) is 0. The molecular formula is C14H18BrIN2O. The van der Waals surface area contributed by atoms with Gasteiger partial charge in [-0.2, -0.15) is 0 Å². The van der Waals surface area contributed by atoms with E-state index in [2.05, 4.69) is 45.4 Å². The Hall–Kier alpha value is -0.140. The van der Waals surface area contributed by atoms with Gasteiger partial charge in [0.15, 0.2) is 0 Å². The number of nitrogens with zero attached hydrogens (tertiary/aromatic N) is 1. The van der Waals surface area contributed by atoms with E-state index in [0.717, 1.165) is 32.9 Å². The first-order valence-corrected chi connectivity index (χ1v) is 8.39. The van der Waals surface area contributed by atoms with Crippen molar-refractivity contribution in [2.45, 2.75) is 38.3 Å². The van der Waals surface area contributed by atoms with Crippen LogP contribution >= 0.6 is 38.5 Å². The molecule has 1 aliphatic heterocycles. The van der Waals surface area contributed by atoms with Crippen LogP contribution in [0.2, 0.25) is 0 Å². The highest BCUT2D eigenvalue weighted by Crippen LogP contribution is 2.27. The van der Waals surface area contributed by atoms with Gasteiger partial charge in [-0.1, -0.05) is 15.9 Å². The minimum absolute atomic E-state index is 0.105. The molecule has 104 valence electrons. The van der Waals surface area contributed by atoms with E-state index in [1.165, 1.54) is 0 Å². The molecule has 5 heteroatoms. The Balaban J connectivity index is 2.33. The van der Waals surface area contributed by atoms with Crippen molar-refractivity contribution in [1.82, 2.24) is 4.90 Å². The fraction of sp³-hybridized carbons (Fsp3) is 0.500. The first-order chi connectivity index (χ1) is 9.04. The summed E-state index contributed by atoms with van der Waals surface area (Å²) in [6.45, 7) is 2.66. The molecule has 1 heterocycles. The van der Waals surface area contributed by atoms with Crippen LogP contribution in [0.4, 0.5) is 0 Å². The summed E-state index contributed by atoms with van der Waals surface area (Å²) in [5.74, 6) is 0.105. The standard InChI is InChI=1S/C14H18BrIN2O/c1-9-3-2-4-11(8-17)18(9)14(19)12-7-10(15)5-6-13(12)16/h5-7,9,11H,2-4,8,17H2,1H3. The van der Waals surface area contributed by atoms with Gasteiger partial charge >= 0.3 is 0 Å². The average Bonchev–Trinajstić information content (AvgIpc) is 2.40. The van der Waals surface area contributed by atoms with Crippen LogP contribution < -0.4 is 5.73 Å². The maximum atomic E-state index is 12.8. The van der Waals surface area contributed by atoms with Gasteiger partial charge in [-0.15, -0.1) is 0 Å². The maximum Gasteiger partial charge on any atom is 0.255 e. The summed E-state index contributed by atoms with van der Waals surface area (Å²) in [4.78, 5) is 14.8. The van der Waals surface area contributed by atoms with Crippen LogP contribution in [0.1, 0.15) is 36.5 Å². The molecule has 1 aromatic carbocycles. The monoisotopic (exact) mass is 436 g/mol. The second-order valence-electron chi connectivity index (χ2n) is 5.01. The number of likely N-dealkylation sites (tertiary alicyclic amines) is 1. The van der Waals surface area contributed by atoms with Crippen LogP contribution in [-0.4, -0.2) is 29.4 Å². The molecule has 19 heavy (non-hydrogen) atoms. The zero-order chi connectivity index (χ0) is 14.0. The van der Waals surface area contributed by atoms with Crippen molar-refractivity contribution >= 4 is 44.4 Å². The first kappa shape index (κ1) is 15.3. The van der Waals surface area contributed by atoms with E-state index in [9.17, 15) is 4.79 Å². The summed E-state index contributed by atoms with van der Waals surface area (Å²) in [5, 5.41) is 0. The molecule has 0 aliphatic carbocycles. The van der Waals surface area contributed by atoms with Crippen molar-refractivity contribution in [2.75, 3.05) is 6.54 Å². The van der Waals surface area contributed by atoms with Gasteiger partial charge in [0.25, 0.3) is 5.91 Å². The van der Waals surface area contributed by atoms with Gasteiger partial charge in [0, 0.05) is 26.7 Å². The predicted molar refractivity (Wildman–Crippen MR) is 89.2 cm³/mol. The van der Waals surface area contributed by atoms with Gasteiger partial charge in [0.2, 0.25) is 0 Å². The third-order valence-electron chi connectivity index (χ3n) is 3.69. The molecule has 1 fully saturated rings. The number of hydrogen-bond acceptors (Lipinski definition) is 2. The molecule has 0 saturated carbocycles.